The molecule has 17 heavy (non-hydrogen) atoms. The third-order valence-corrected chi connectivity index (χ3v) is 3.49. The number of rotatable bonds is 2. The van der Waals surface area contributed by atoms with Gasteiger partial charge in [-0.2, -0.15) is 5.26 Å². The maximum absolute atomic E-state index is 8.95. The fourth-order valence-electron chi connectivity index (χ4n) is 2.14. The number of halogens is 1. The maximum Gasteiger partial charge on any atom is 0.148 e. The Balaban J connectivity index is 2.25. The van der Waals surface area contributed by atoms with Gasteiger partial charge in [-0.1, -0.05) is 11.6 Å². The lowest BCUT2D eigenvalue weighted by atomic mass is 10.1. The van der Waals surface area contributed by atoms with Crippen LogP contribution in [0.2, 0.25) is 5.02 Å². The number of pyridine rings is 1. The molecule has 1 N–H and O–H groups in total. The summed E-state index contributed by atoms with van der Waals surface area (Å²) in [4.78, 5) is 6.44. The number of piperidine rings is 1. The normalized spacial score (nSPS) is 20.1. The van der Waals surface area contributed by atoms with Crippen molar-refractivity contribution in [3.05, 3.63) is 22.8 Å². The zero-order chi connectivity index (χ0) is 12.3. The van der Waals surface area contributed by atoms with Gasteiger partial charge in [0.2, 0.25) is 0 Å². The van der Waals surface area contributed by atoms with Crippen LogP contribution in [0.4, 0.5) is 5.82 Å². The van der Waals surface area contributed by atoms with Crippen LogP contribution in [0.25, 0.3) is 0 Å². The van der Waals surface area contributed by atoms with Gasteiger partial charge in [-0.15, -0.1) is 0 Å². The molecule has 1 aromatic rings. The number of nitriles is 1. The molecule has 1 aliphatic heterocycles. The Hall–Kier alpha value is -1.31. The zero-order valence-electron chi connectivity index (χ0n) is 9.78. The summed E-state index contributed by atoms with van der Waals surface area (Å²) in [5.74, 6) is 0.727. The summed E-state index contributed by atoms with van der Waals surface area (Å²) in [6.07, 6.45) is 3.92. The summed E-state index contributed by atoms with van der Waals surface area (Å²) in [5.41, 5.74) is 0.489. The van der Waals surface area contributed by atoms with Crippen molar-refractivity contribution in [2.75, 3.05) is 25.0 Å². The van der Waals surface area contributed by atoms with Crippen molar-refractivity contribution in [2.45, 2.75) is 18.9 Å². The molecule has 2 heterocycles. The highest BCUT2D eigenvalue weighted by atomic mass is 35.5. The summed E-state index contributed by atoms with van der Waals surface area (Å²) in [6, 6.07) is 4.20. The van der Waals surface area contributed by atoms with Gasteiger partial charge < -0.3 is 10.2 Å². The predicted octanol–water partition coefficient (Wildman–Crippen LogP) is 1.79. The van der Waals surface area contributed by atoms with Gasteiger partial charge >= 0.3 is 0 Å². The third-order valence-electron chi connectivity index (χ3n) is 3.12. The van der Waals surface area contributed by atoms with Gasteiger partial charge in [-0.05, 0) is 26.0 Å². The molecule has 0 amide bonds. The number of anilines is 1. The van der Waals surface area contributed by atoms with Gasteiger partial charge in [0.05, 0.1) is 5.56 Å². The number of nitrogens with zero attached hydrogens (tertiary/aromatic N) is 3. The number of likely N-dealkylation sites (N-methyl/N-ethyl adjacent to an activating group) is 1. The van der Waals surface area contributed by atoms with Crippen molar-refractivity contribution in [2.24, 2.45) is 0 Å². The molecule has 1 aromatic heterocycles. The van der Waals surface area contributed by atoms with Gasteiger partial charge in [0, 0.05) is 25.3 Å². The maximum atomic E-state index is 8.95. The first kappa shape index (κ1) is 12.2. The van der Waals surface area contributed by atoms with Crippen LogP contribution in [-0.2, 0) is 0 Å². The molecule has 0 radical (unpaired) electrons. The highest BCUT2D eigenvalue weighted by Gasteiger charge is 2.22. The molecule has 0 bridgehead atoms. The molecule has 0 spiro atoms. The van der Waals surface area contributed by atoms with Crippen molar-refractivity contribution in [1.82, 2.24) is 10.3 Å². The van der Waals surface area contributed by atoms with Gasteiger partial charge in [0.25, 0.3) is 0 Å². The zero-order valence-corrected chi connectivity index (χ0v) is 10.5. The second-order valence-electron chi connectivity index (χ2n) is 4.18. The van der Waals surface area contributed by atoms with E-state index in [9.17, 15) is 0 Å². The predicted molar refractivity (Wildman–Crippen MR) is 68.3 cm³/mol. The molecule has 1 unspecified atom stereocenters. The second kappa shape index (κ2) is 5.35. The van der Waals surface area contributed by atoms with Crippen molar-refractivity contribution in [3.63, 3.8) is 0 Å². The summed E-state index contributed by atoms with van der Waals surface area (Å²) < 4.78 is 0. The molecule has 4 nitrogen and oxygen atoms in total. The summed E-state index contributed by atoms with van der Waals surface area (Å²) in [5, 5.41) is 12.7. The number of aromatic nitrogens is 1. The van der Waals surface area contributed by atoms with Crippen LogP contribution in [0, 0.1) is 11.3 Å². The van der Waals surface area contributed by atoms with Crippen LogP contribution in [0.3, 0.4) is 0 Å². The van der Waals surface area contributed by atoms with E-state index in [1.54, 1.807) is 12.3 Å². The Morgan fingerprint density at radius 3 is 3.18 bits per heavy atom. The lowest BCUT2D eigenvalue weighted by Gasteiger charge is -2.33. The smallest absolute Gasteiger partial charge is 0.148 e. The lowest BCUT2D eigenvalue weighted by Crippen LogP contribution is -2.44. The van der Waals surface area contributed by atoms with Crippen LogP contribution in [0.1, 0.15) is 18.4 Å². The summed E-state index contributed by atoms with van der Waals surface area (Å²) in [7, 11) is 1.97. The van der Waals surface area contributed by atoms with Crippen molar-refractivity contribution in [1.29, 1.82) is 5.26 Å². The Morgan fingerprint density at radius 1 is 1.65 bits per heavy atom. The molecule has 1 fully saturated rings. The molecule has 1 atom stereocenters. The average Bonchev–Trinajstić information content (AvgIpc) is 2.39. The molecule has 1 saturated heterocycles. The molecule has 0 saturated carbocycles. The quantitative estimate of drug-likeness (QED) is 0.870. The Kier molecular flexibility index (Phi) is 3.82. The van der Waals surface area contributed by atoms with E-state index in [2.05, 4.69) is 21.3 Å². The SMILES string of the molecule is CNC1CCCN(c2nccc(C#N)c2Cl)C1. The molecular formula is C12H15ClN4. The second-order valence-corrected chi connectivity index (χ2v) is 4.56. The first-order chi connectivity index (χ1) is 8.26. The molecule has 90 valence electrons. The van der Waals surface area contributed by atoms with E-state index in [-0.39, 0.29) is 0 Å². The summed E-state index contributed by atoms with van der Waals surface area (Å²) >= 11 is 6.19. The monoisotopic (exact) mass is 250 g/mol. The van der Waals surface area contributed by atoms with Crippen LogP contribution in [-0.4, -0.2) is 31.2 Å². The van der Waals surface area contributed by atoms with Gasteiger partial charge in [-0.3, -0.25) is 0 Å². The van der Waals surface area contributed by atoms with Crippen LogP contribution < -0.4 is 10.2 Å². The standard InChI is InChI=1S/C12H15ClN4/c1-15-10-3-2-6-17(8-10)12-11(13)9(7-14)4-5-16-12/h4-5,10,15H,2-3,6,8H2,1H3. The van der Waals surface area contributed by atoms with Crippen LogP contribution in [0.15, 0.2) is 12.3 Å². The van der Waals surface area contributed by atoms with Crippen molar-refractivity contribution < 1.29 is 0 Å². The first-order valence-electron chi connectivity index (χ1n) is 5.73. The molecule has 0 aliphatic carbocycles. The molecule has 1 aliphatic rings. The molecule has 2 rings (SSSR count). The topological polar surface area (TPSA) is 52.0 Å². The van der Waals surface area contributed by atoms with Crippen molar-refractivity contribution >= 4 is 17.4 Å². The van der Waals surface area contributed by atoms with E-state index in [1.165, 1.54) is 6.42 Å². The van der Waals surface area contributed by atoms with E-state index in [0.29, 0.717) is 16.6 Å². The molecule has 5 heteroatoms. The minimum Gasteiger partial charge on any atom is -0.354 e. The molecule has 0 aromatic carbocycles. The lowest BCUT2D eigenvalue weighted by molar-refractivity contribution is 0.447. The van der Waals surface area contributed by atoms with E-state index in [4.69, 9.17) is 16.9 Å². The minimum atomic E-state index is 0.465. The fraction of sp³-hybridized carbons (Fsp3) is 0.500. The van der Waals surface area contributed by atoms with Gasteiger partial charge in [0.1, 0.15) is 16.9 Å². The first-order valence-corrected chi connectivity index (χ1v) is 6.11. The van der Waals surface area contributed by atoms with Crippen LogP contribution >= 0.6 is 11.6 Å². The number of hydrogen-bond acceptors (Lipinski definition) is 4. The number of hydrogen-bond donors (Lipinski definition) is 1. The Labute approximate surface area is 106 Å². The molecular weight excluding hydrogens is 236 g/mol. The van der Waals surface area contributed by atoms with E-state index in [0.717, 1.165) is 25.3 Å². The van der Waals surface area contributed by atoms with Gasteiger partial charge in [-0.25, -0.2) is 4.98 Å². The highest BCUT2D eigenvalue weighted by molar-refractivity contribution is 6.34. The van der Waals surface area contributed by atoms with Crippen molar-refractivity contribution in [3.8, 4) is 6.07 Å². The minimum absolute atomic E-state index is 0.465. The van der Waals surface area contributed by atoms with E-state index in [1.807, 2.05) is 7.05 Å². The highest BCUT2D eigenvalue weighted by Crippen LogP contribution is 2.28. The van der Waals surface area contributed by atoms with Gasteiger partial charge in [0.15, 0.2) is 0 Å². The van der Waals surface area contributed by atoms with Crippen LogP contribution in [0.5, 0.6) is 0 Å². The van der Waals surface area contributed by atoms with E-state index >= 15 is 0 Å². The average molecular weight is 251 g/mol. The van der Waals surface area contributed by atoms with E-state index < -0.39 is 0 Å². The third kappa shape index (κ3) is 2.51. The largest absolute Gasteiger partial charge is 0.354 e. The Morgan fingerprint density at radius 2 is 2.47 bits per heavy atom. The Bertz CT molecular complexity index is 441. The fourth-order valence-corrected chi connectivity index (χ4v) is 2.42. The number of nitrogens with one attached hydrogen (secondary N) is 1. The summed E-state index contributed by atoms with van der Waals surface area (Å²) in [6.45, 7) is 1.83.